The molecule has 0 spiro atoms. The Morgan fingerprint density at radius 2 is 2.15 bits per heavy atom. The molecule has 0 fully saturated rings. The first-order valence-corrected chi connectivity index (χ1v) is 5.64. The van der Waals surface area contributed by atoms with Crippen LogP contribution in [0.1, 0.15) is 12.0 Å². The van der Waals surface area contributed by atoms with Crippen LogP contribution in [-0.4, -0.2) is 10.3 Å². The van der Waals surface area contributed by atoms with E-state index >= 15 is 0 Å². The second-order valence-electron chi connectivity index (χ2n) is 3.19. The SMILES string of the molecule is BrCCCc1ccc2cc[nH]c2c1. The van der Waals surface area contributed by atoms with E-state index in [1.165, 1.54) is 22.9 Å². The van der Waals surface area contributed by atoms with Gasteiger partial charge in [0.1, 0.15) is 0 Å². The molecule has 13 heavy (non-hydrogen) atoms. The van der Waals surface area contributed by atoms with E-state index < -0.39 is 0 Å². The Hall–Kier alpha value is -0.760. The predicted octanol–water partition coefficient (Wildman–Crippen LogP) is 3.50. The van der Waals surface area contributed by atoms with E-state index in [4.69, 9.17) is 0 Å². The first-order valence-electron chi connectivity index (χ1n) is 4.52. The van der Waals surface area contributed by atoms with Gasteiger partial charge in [-0.15, -0.1) is 0 Å². The van der Waals surface area contributed by atoms with Crippen molar-refractivity contribution in [3.05, 3.63) is 36.0 Å². The predicted molar refractivity (Wildman–Crippen MR) is 60.4 cm³/mol. The molecule has 0 aliphatic carbocycles. The zero-order valence-electron chi connectivity index (χ0n) is 7.39. The lowest BCUT2D eigenvalue weighted by Crippen LogP contribution is -1.85. The van der Waals surface area contributed by atoms with Crippen LogP contribution in [0.15, 0.2) is 30.5 Å². The number of aryl methyl sites for hydroxylation is 1. The first-order chi connectivity index (χ1) is 6.40. The molecule has 0 unspecified atom stereocenters. The van der Waals surface area contributed by atoms with Crippen molar-refractivity contribution in [3.8, 4) is 0 Å². The van der Waals surface area contributed by atoms with Crippen LogP contribution < -0.4 is 0 Å². The molecule has 0 saturated heterocycles. The molecular weight excluding hydrogens is 226 g/mol. The van der Waals surface area contributed by atoms with Gasteiger partial charge in [-0.05, 0) is 35.9 Å². The third-order valence-electron chi connectivity index (χ3n) is 2.22. The number of aromatic nitrogens is 1. The Bertz CT molecular complexity index is 392. The van der Waals surface area contributed by atoms with Crippen LogP contribution in [0.2, 0.25) is 0 Å². The number of nitrogens with one attached hydrogen (secondary N) is 1. The van der Waals surface area contributed by atoms with Crippen LogP contribution in [-0.2, 0) is 6.42 Å². The fourth-order valence-corrected chi connectivity index (χ4v) is 1.80. The van der Waals surface area contributed by atoms with Crippen molar-refractivity contribution >= 4 is 26.8 Å². The molecule has 0 saturated carbocycles. The lowest BCUT2D eigenvalue weighted by Gasteiger charge is -1.98. The fourth-order valence-electron chi connectivity index (χ4n) is 1.52. The lowest BCUT2D eigenvalue weighted by atomic mass is 10.1. The molecule has 1 heterocycles. The highest BCUT2D eigenvalue weighted by atomic mass is 79.9. The largest absolute Gasteiger partial charge is 0.361 e. The maximum absolute atomic E-state index is 3.44. The molecule has 1 nitrogen and oxygen atoms in total. The molecule has 0 bridgehead atoms. The minimum absolute atomic E-state index is 1.08. The summed E-state index contributed by atoms with van der Waals surface area (Å²) in [6.45, 7) is 0. The number of fused-ring (bicyclic) bond motifs is 1. The van der Waals surface area contributed by atoms with E-state index in [1.54, 1.807) is 0 Å². The third kappa shape index (κ3) is 1.94. The summed E-state index contributed by atoms with van der Waals surface area (Å²) < 4.78 is 0. The highest BCUT2D eigenvalue weighted by Gasteiger charge is 1.96. The summed E-state index contributed by atoms with van der Waals surface area (Å²) in [6.07, 6.45) is 4.34. The average Bonchev–Trinajstić information content (AvgIpc) is 2.61. The highest BCUT2D eigenvalue weighted by Crippen LogP contribution is 2.15. The number of halogens is 1. The van der Waals surface area contributed by atoms with Crippen LogP contribution in [0.5, 0.6) is 0 Å². The van der Waals surface area contributed by atoms with Crippen molar-refractivity contribution in [1.82, 2.24) is 4.98 Å². The number of alkyl halides is 1. The first kappa shape index (κ1) is 8.82. The van der Waals surface area contributed by atoms with Crippen LogP contribution in [0.25, 0.3) is 10.9 Å². The molecule has 0 atom stereocenters. The van der Waals surface area contributed by atoms with Gasteiger partial charge in [0.25, 0.3) is 0 Å². The summed E-state index contributed by atoms with van der Waals surface area (Å²) in [5.41, 5.74) is 2.65. The summed E-state index contributed by atoms with van der Waals surface area (Å²) in [7, 11) is 0. The highest BCUT2D eigenvalue weighted by molar-refractivity contribution is 9.09. The topological polar surface area (TPSA) is 15.8 Å². The second-order valence-corrected chi connectivity index (χ2v) is 3.98. The van der Waals surface area contributed by atoms with Crippen LogP contribution in [0.3, 0.4) is 0 Å². The normalized spacial score (nSPS) is 10.8. The summed E-state index contributed by atoms with van der Waals surface area (Å²) >= 11 is 3.44. The monoisotopic (exact) mass is 237 g/mol. The number of benzene rings is 1. The van der Waals surface area contributed by atoms with Crippen molar-refractivity contribution in [2.75, 3.05) is 5.33 Å². The van der Waals surface area contributed by atoms with Gasteiger partial charge in [0.15, 0.2) is 0 Å². The maximum Gasteiger partial charge on any atom is 0.0456 e. The quantitative estimate of drug-likeness (QED) is 0.787. The van der Waals surface area contributed by atoms with Gasteiger partial charge in [0.05, 0.1) is 0 Å². The van der Waals surface area contributed by atoms with Crippen LogP contribution in [0.4, 0.5) is 0 Å². The minimum atomic E-state index is 1.08. The second kappa shape index (κ2) is 3.97. The molecule has 68 valence electrons. The fraction of sp³-hybridized carbons (Fsp3) is 0.273. The van der Waals surface area contributed by atoms with Crippen molar-refractivity contribution in [2.45, 2.75) is 12.8 Å². The summed E-state index contributed by atoms with van der Waals surface area (Å²) in [5.74, 6) is 0. The number of rotatable bonds is 3. The standard InChI is InChI=1S/C11H12BrN/c12-6-1-2-9-3-4-10-5-7-13-11(10)8-9/h3-5,7-8,13H,1-2,6H2. The summed E-state index contributed by atoms with van der Waals surface area (Å²) in [5, 5.41) is 2.37. The van der Waals surface area contributed by atoms with Crippen molar-refractivity contribution in [3.63, 3.8) is 0 Å². The van der Waals surface area contributed by atoms with Gasteiger partial charge in [-0.1, -0.05) is 28.1 Å². The zero-order chi connectivity index (χ0) is 9.10. The van der Waals surface area contributed by atoms with Crippen molar-refractivity contribution < 1.29 is 0 Å². The van der Waals surface area contributed by atoms with E-state index in [2.05, 4.69) is 45.2 Å². The Morgan fingerprint density at radius 3 is 3.00 bits per heavy atom. The Labute approximate surface area is 86.3 Å². The zero-order valence-corrected chi connectivity index (χ0v) is 8.97. The van der Waals surface area contributed by atoms with Crippen molar-refractivity contribution in [2.24, 2.45) is 0 Å². The number of hydrogen-bond donors (Lipinski definition) is 1. The summed E-state index contributed by atoms with van der Waals surface area (Å²) in [6, 6.07) is 8.72. The Kier molecular flexibility index (Phi) is 2.69. The molecule has 0 amide bonds. The molecule has 1 aromatic heterocycles. The van der Waals surface area contributed by atoms with Gasteiger partial charge in [-0.25, -0.2) is 0 Å². The molecule has 1 N–H and O–H groups in total. The molecule has 0 aliphatic heterocycles. The molecule has 2 rings (SSSR count). The molecule has 0 aliphatic rings. The molecule has 0 radical (unpaired) electrons. The molecule has 2 aromatic rings. The Morgan fingerprint density at radius 1 is 1.23 bits per heavy atom. The molecular formula is C11H12BrN. The van der Waals surface area contributed by atoms with Gasteiger partial charge in [0.2, 0.25) is 0 Å². The van der Waals surface area contributed by atoms with Crippen molar-refractivity contribution in [1.29, 1.82) is 0 Å². The summed E-state index contributed by atoms with van der Waals surface area (Å²) in [4.78, 5) is 3.22. The van der Waals surface area contributed by atoms with E-state index in [1.807, 2.05) is 6.20 Å². The number of H-pyrrole nitrogens is 1. The van der Waals surface area contributed by atoms with E-state index in [0.29, 0.717) is 0 Å². The molecule has 2 heteroatoms. The lowest BCUT2D eigenvalue weighted by molar-refractivity contribution is 0.941. The van der Waals surface area contributed by atoms with E-state index in [-0.39, 0.29) is 0 Å². The molecule has 1 aromatic carbocycles. The number of aromatic amines is 1. The van der Waals surface area contributed by atoms with Gasteiger partial charge >= 0.3 is 0 Å². The van der Waals surface area contributed by atoms with Crippen LogP contribution in [0, 0.1) is 0 Å². The van der Waals surface area contributed by atoms with Gasteiger partial charge in [-0.3, -0.25) is 0 Å². The third-order valence-corrected chi connectivity index (χ3v) is 2.78. The van der Waals surface area contributed by atoms with Gasteiger partial charge in [0, 0.05) is 17.0 Å². The van der Waals surface area contributed by atoms with E-state index in [9.17, 15) is 0 Å². The minimum Gasteiger partial charge on any atom is -0.361 e. The van der Waals surface area contributed by atoms with Crippen LogP contribution >= 0.6 is 15.9 Å². The smallest absolute Gasteiger partial charge is 0.0456 e. The van der Waals surface area contributed by atoms with Gasteiger partial charge < -0.3 is 4.98 Å². The Balaban J connectivity index is 2.26. The number of hydrogen-bond acceptors (Lipinski definition) is 0. The maximum atomic E-state index is 3.44. The van der Waals surface area contributed by atoms with E-state index in [0.717, 1.165) is 11.8 Å². The average molecular weight is 238 g/mol. The van der Waals surface area contributed by atoms with Gasteiger partial charge in [-0.2, -0.15) is 0 Å².